The number of pyridine rings is 1. The SMILES string of the molecule is COc1cc2c(C(=O)OC(C(F)(F)F)C(F)(F)F)c3ccccc3[n+](C)c2cc1OC. The van der Waals surface area contributed by atoms with E-state index < -0.39 is 30.0 Å². The van der Waals surface area contributed by atoms with E-state index in [1.165, 1.54) is 38.5 Å². The number of para-hydroxylation sites is 1. The van der Waals surface area contributed by atoms with Crippen molar-refractivity contribution in [2.45, 2.75) is 18.5 Å². The number of aromatic nitrogens is 1. The standard InChI is InChI=1S/C20H16F6NO4/c1-27-12-7-5-4-6-10(12)16(11-8-14(29-2)15(30-3)9-13(11)27)17(28)31-18(19(21,22)23)20(24,25)26/h4-9,18H,1-3H3/q+1. The van der Waals surface area contributed by atoms with Crippen molar-refractivity contribution in [2.75, 3.05) is 14.2 Å². The zero-order chi connectivity index (χ0) is 23.1. The van der Waals surface area contributed by atoms with Crippen LogP contribution >= 0.6 is 0 Å². The van der Waals surface area contributed by atoms with Gasteiger partial charge in [0.2, 0.25) is 11.0 Å². The summed E-state index contributed by atoms with van der Waals surface area (Å²) in [4.78, 5) is 12.7. The van der Waals surface area contributed by atoms with E-state index in [2.05, 4.69) is 4.74 Å². The Bertz CT molecular complexity index is 1140. The fourth-order valence-electron chi connectivity index (χ4n) is 3.30. The van der Waals surface area contributed by atoms with Crippen molar-refractivity contribution in [3.8, 4) is 11.5 Å². The Hall–Kier alpha value is -3.24. The third kappa shape index (κ3) is 4.04. The first kappa shape index (κ1) is 22.4. The first-order valence-electron chi connectivity index (χ1n) is 8.71. The van der Waals surface area contributed by atoms with Crippen molar-refractivity contribution in [3.05, 3.63) is 42.0 Å². The van der Waals surface area contributed by atoms with Crippen LogP contribution in [0.2, 0.25) is 0 Å². The number of carbonyl (C=O) groups is 1. The third-order valence-corrected chi connectivity index (χ3v) is 4.69. The van der Waals surface area contributed by atoms with Crippen molar-refractivity contribution in [1.82, 2.24) is 0 Å². The maximum atomic E-state index is 13.0. The Morgan fingerprint density at radius 1 is 0.871 bits per heavy atom. The van der Waals surface area contributed by atoms with Gasteiger partial charge in [0.05, 0.1) is 36.6 Å². The highest BCUT2D eigenvalue weighted by atomic mass is 19.4. The van der Waals surface area contributed by atoms with Gasteiger partial charge in [0.25, 0.3) is 6.10 Å². The number of alkyl halides is 6. The summed E-state index contributed by atoms with van der Waals surface area (Å²) in [5.74, 6) is -1.39. The van der Waals surface area contributed by atoms with E-state index in [1.807, 2.05) is 0 Å². The largest absolute Gasteiger partial charge is 0.493 e. The molecule has 0 spiro atoms. The lowest BCUT2D eigenvalue weighted by Crippen LogP contribution is -2.45. The normalized spacial score (nSPS) is 12.5. The van der Waals surface area contributed by atoms with Crippen molar-refractivity contribution >= 4 is 27.8 Å². The Morgan fingerprint density at radius 2 is 1.42 bits per heavy atom. The average molecular weight is 448 g/mol. The van der Waals surface area contributed by atoms with Crippen LogP contribution in [-0.2, 0) is 11.8 Å². The van der Waals surface area contributed by atoms with Crippen molar-refractivity contribution in [2.24, 2.45) is 7.05 Å². The molecule has 1 aromatic heterocycles. The molecule has 1 heterocycles. The molecule has 0 atom stereocenters. The second kappa shape index (κ2) is 7.78. The summed E-state index contributed by atoms with van der Waals surface area (Å²) in [6.45, 7) is 0. The summed E-state index contributed by atoms with van der Waals surface area (Å²) in [7, 11) is 4.28. The van der Waals surface area contributed by atoms with Crippen molar-refractivity contribution in [1.29, 1.82) is 0 Å². The third-order valence-electron chi connectivity index (χ3n) is 4.69. The van der Waals surface area contributed by atoms with E-state index >= 15 is 0 Å². The molecule has 3 rings (SSSR count). The van der Waals surface area contributed by atoms with Gasteiger partial charge in [0, 0.05) is 6.07 Å². The topological polar surface area (TPSA) is 48.6 Å². The number of rotatable bonds is 4. The molecule has 0 radical (unpaired) electrons. The zero-order valence-electron chi connectivity index (χ0n) is 16.4. The van der Waals surface area contributed by atoms with E-state index in [-0.39, 0.29) is 22.3 Å². The number of benzene rings is 2. The first-order valence-corrected chi connectivity index (χ1v) is 8.71. The van der Waals surface area contributed by atoms with Crippen LogP contribution in [0.3, 0.4) is 0 Å². The molecule has 0 fully saturated rings. The van der Waals surface area contributed by atoms with Gasteiger partial charge in [0.1, 0.15) is 7.05 Å². The number of halogens is 6. The molecular weight excluding hydrogens is 432 g/mol. The highest BCUT2D eigenvalue weighted by molar-refractivity contribution is 6.13. The molecule has 0 amide bonds. The van der Waals surface area contributed by atoms with Gasteiger partial charge in [0.15, 0.2) is 11.5 Å². The number of aryl methyl sites for hydroxylation is 1. The van der Waals surface area contributed by atoms with Crippen LogP contribution in [0.4, 0.5) is 26.3 Å². The minimum atomic E-state index is -5.83. The van der Waals surface area contributed by atoms with Crippen LogP contribution < -0.4 is 14.0 Å². The predicted molar refractivity (Wildman–Crippen MR) is 97.0 cm³/mol. The highest BCUT2D eigenvalue weighted by Gasteiger charge is 2.60. The van der Waals surface area contributed by atoms with Crippen LogP contribution in [0, 0.1) is 0 Å². The molecule has 0 saturated carbocycles. The molecular formula is C20H16F6NO4+. The molecule has 0 aliphatic rings. The molecule has 0 aliphatic heterocycles. The minimum absolute atomic E-state index is 0.0342. The number of esters is 1. The number of nitrogens with zero attached hydrogens (tertiary/aromatic N) is 1. The van der Waals surface area contributed by atoms with Gasteiger partial charge in [-0.05, 0) is 12.1 Å². The Labute approximate surface area is 171 Å². The fraction of sp³-hybridized carbons (Fsp3) is 0.300. The predicted octanol–water partition coefficient (Wildman–Crippen LogP) is 4.48. The molecule has 5 nitrogen and oxygen atoms in total. The second-order valence-corrected chi connectivity index (χ2v) is 6.54. The van der Waals surface area contributed by atoms with Crippen LogP contribution in [0.5, 0.6) is 11.5 Å². The van der Waals surface area contributed by atoms with Gasteiger partial charge in [-0.15, -0.1) is 0 Å². The first-order chi connectivity index (χ1) is 14.4. The molecule has 11 heteroatoms. The molecule has 0 unspecified atom stereocenters. The molecule has 3 aromatic rings. The Morgan fingerprint density at radius 3 is 1.97 bits per heavy atom. The maximum absolute atomic E-state index is 13.0. The molecule has 0 bridgehead atoms. The van der Waals surface area contributed by atoms with Crippen LogP contribution in [0.25, 0.3) is 21.8 Å². The number of methoxy groups -OCH3 is 2. The van der Waals surface area contributed by atoms with Gasteiger partial charge in [-0.2, -0.15) is 30.9 Å². The van der Waals surface area contributed by atoms with Gasteiger partial charge < -0.3 is 14.2 Å². The molecule has 0 aliphatic carbocycles. The quantitative estimate of drug-likeness (QED) is 0.256. The number of ether oxygens (including phenoxy) is 3. The monoisotopic (exact) mass is 448 g/mol. The van der Waals surface area contributed by atoms with Crippen LogP contribution in [0.1, 0.15) is 10.4 Å². The number of carbonyl (C=O) groups excluding carboxylic acids is 1. The lowest BCUT2D eigenvalue weighted by molar-refractivity contribution is -0.617. The molecule has 0 N–H and O–H groups in total. The summed E-state index contributed by atoms with van der Waals surface area (Å²) in [6, 6.07) is 8.83. The van der Waals surface area contributed by atoms with Crippen molar-refractivity contribution < 1.29 is 49.9 Å². The zero-order valence-corrected chi connectivity index (χ0v) is 16.4. The second-order valence-electron chi connectivity index (χ2n) is 6.54. The summed E-state index contributed by atoms with van der Waals surface area (Å²) in [5.41, 5.74) is 0.228. The van der Waals surface area contributed by atoms with E-state index in [9.17, 15) is 31.1 Å². The number of hydrogen-bond acceptors (Lipinski definition) is 4. The van der Waals surface area contributed by atoms with Crippen molar-refractivity contribution in [3.63, 3.8) is 0 Å². The molecule has 31 heavy (non-hydrogen) atoms. The van der Waals surface area contributed by atoms with Gasteiger partial charge in [-0.25, -0.2) is 4.79 Å². The summed E-state index contributed by atoms with van der Waals surface area (Å²) in [5, 5.41) is 0.143. The smallest absolute Gasteiger partial charge is 0.434 e. The lowest BCUT2D eigenvalue weighted by atomic mass is 10.0. The Balaban J connectivity index is 2.33. The number of fused-ring (bicyclic) bond motifs is 2. The molecule has 0 saturated heterocycles. The fourth-order valence-corrected chi connectivity index (χ4v) is 3.30. The highest BCUT2D eigenvalue weighted by Crippen LogP contribution is 2.38. The lowest BCUT2D eigenvalue weighted by Gasteiger charge is -2.23. The van der Waals surface area contributed by atoms with Gasteiger partial charge >= 0.3 is 18.3 Å². The van der Waals surface area contributed by atoms with E-state index in [0.29, 0.717) is 11.0 Å². The summed E-state index contributed by atoms with van der Waals surface area (Å²) >= 11 is 0. The average Bonchev–Trinajstić information content (AvgIpc) is 2.69. The molecule has 2 aromatic carbocycles. The maximum Gasteiger partial charge on any atom is 0.434 e. The van der Waals surface area contributed by atoms with E-state index in [1.54, 1.807) is 23.7 Å². The van der Waals surface area contributed by atoms with E-state index in [0.717, 1.165) is 0 Å². The Kier molecular flexibility index (Phi) is 5.64. The number of hydrogen-bond donors (Lipinski definition) is 0. The summed E-state index contributed by atoms with van der Waals surface area (Å²) < 4.78 is 93.8. The van der Waals surface area contributed by atoms with Gasteiger partial charge in [-0.3, -0.25) is 0 Å². The minimum Gasteiger partial charge on any atom is -0.493 e. The summed E-state index contributed by atoms with van der Waals surface area (Å²) in [6.07, 6.45) is -15.9. The van der Waals surface area contributed by atoms with E-state index in [4.69, 9.17) is 9.47 Å². The van der Waals surface area contributed by atoms with Crippen LogP contribution in [-0.4, -0.2) is 38.6 Å². The molecule has 166 valence electrons. The van der Waals surface area contributed by atoms with Gasteiger partial charge in [-0.1, -0.05) is 12.1 Å². The van der Waals surface area contributed by atoms with Crippen LogP contribution in [0.15, 0.2) is 36.4 Å².